The summed E-state index contributed by atoms with van der Waals surface area (Å²) in [4.78, 5) is 13.8. The van der Waals surface area contributed by atoms with Crippen molar-refractivity contribution in [1.29, 1.82) is 5.26 Å². The van der Waals surface area contributed by atoms with Crippen LogP contribution in [-0.2, 0) is 15.9 Å². The first-order chi connectivity index (χ1) is 16.8. The zero-order valence-electron chi connectivity index (χ0n) is 19.2. The van der Waals surface area contributed by atoms with Gasteiger partial charge in [-0.05, 0) is 48.2 Å². The van der Waals surface area contributed by atoms with Crippen LogP contribution in [0.5, 0.6) is 5.75 Å². The number of aromatic nitrogens is 3. The third kappa shape index (κ3) is 5.41. The highest BCUT2D eigenvalue weighted by molar-refractivity contribution is 5.67. The van der Waals surface area contributed by atoms with Gasteiger partial charge in [0.05, 0.1) is 30.2 Å². The highest BCUT2D eigenvalue weighted by Crippen LogP contribution is 2.29. The average Bonchev–Trinajstić information content (AvgIpc) is 2.91. The lowest BCUT2D eigenvalue weighted by atomic mass is 9.97. The molecule has 0 unspecified atom stereocenters. The molecule has 0 atom stereocenters. The van der Waals surface area contributed by atoms with Gasteiger partial charge in [0, 0.05) is 62.7 Å². The van der Waals surface area contributed by atoms with Gasteiger partial charge in [0.1, 0.15) is 17.9 Å². The molecule has 0 spiro atoms. The van der Waals surface area contributed by atoms with Crippen molar-refractivity contribution in [3.8, 4) is 22.9 Å². The summed E-state index contributed by atoms with van der Waals surface area (Å²) in [6, 6.07) is 12.1. The second kappa shape index (κ2) is 10.7. The van der Waals surface area contributed by atoms with Crippen LogP contribution in [-0.4, -0.2) is 47.5 Å². The SMILES string of the molecule is N#Cc1cc(-c2ccnc(Cc3cnc(C4CCOCC4)cn3)c2)ccc1OC1CCOCC1. The van der Waals surface area contributed by atoms with Gasteiger partial charge in [0.15, 0.2) is 0 Å². The molecule has 2 aliphatic rings. The summed E-state index contributed by atoms with van der Waals surface area (Å²) in [7, 11) is 0. The summed E-state index contributed by atoms with van der Waals surface area (Å²) in [5.74, 6) is 1.07. The van der Waals surface area contributed by atoms with E-state index in [1.54, 1.807) is 6.20 Å². The maximum atomic E-state index is 9.70. The summed E-state index contributed by atoms with van der Waals surface area (Å²) in [6.07, 6.45) is 9.94. The zero-order chi connectivity index (χ0) is 23.2. The fraction of sp³-hybridized carbons (Fsp3) is 0.407. The van der Waals surface area contributed by atoms with E-state index in [1.165, 1.54) is 0 Å². The fourth-order valence-corrected chi connectivity index (χ4v) is 4.47. The lowest BCUT2D eigenvalue weighted by Crippen LogP contribution is -2.26. The second-order valence-electron chi connectivity index (χ2n) is 8.78. The van der Waals surface area contributed by atoms with E-state index in [0.717, 1.165) is 67.1 Å². The van der Waals surface area contributed by atoms with Crippen molar-refractivity contribution in [2.24, 2.45) is 0 Å². The molecule has 0 N–H and O–H groups in total. The van der Waals surface area contributed by atoms with E-state index in [0.29, 0.717) is 36.9 Å². The highest BCUT2D eigenvalue weighted by Gasteiger charge is 2.19. The summed E-state index contributed by atoms with van der Waals surface area (Å²) in [5.41, 5.74) is 5.34. The Morgan fingerprint density at radius 1 is 0.853 bits per heavy atom. The molecule has 4 heterocycles. The monoisotopic (exact) mass is 456 g/mol. The van der Waals surface area contributed by atoms with Crippen LogP contribution >= 0.6 is 0 Å². The zero-order valence-corrected chi connectivity index (χ0v) is 19.2. The van der Waals surface area contributed by atoms with Crippen LogP contribution in [0.2, 0.25) is 0 Å². The predicted octanol–water partition coefficient (Wildman–Crippen LogP) is 4.45. The minimum absolute atomic E-state index is 0.0955. The Balaban J connectivity index is 1.29. The Kier molecular flexibility index (Phi) is 7.08. The predicted molar refractivity (Wildman–Crippen MR) is 126 cm³/mol. The Bertz CT molecular complexity index is 1150. The van der Waals surface area contributed by atoms with E-state index in [2.05, 4.69) is 21.0 Å². The van der Waals surface area contributed by atoms with Crippen molar-refractivity contribution < 1.29 is 14.2 Å². The van der Waals surface area contributed by atoms with E-state index in [1.807, 2.05) is 42.7 Å². The maximum absolute atomic E-state index is 9.70. The number of hydrogen-bond acceptors (Lipinski definition) is 7. The second-order valence-corrected chi connectivity index (χ2v) is 8.78. The van der Waals surface area contributed by atoms with Gasteiger partial charge in [-0.3, -0.25) is 15.0 Å². The molecule has 0 amide bonds. The molecule has 5 rings (SSSR count). The van der Waals surface area contributed by atoms with Gasteiger partial charge in [0.25, 0.3) is 0 Å². The van der Waals surface area contributed by atoms with Crippen LogP contribution in [0, 0.1) is 11.3 Å². The van der Waals surface area contributed by atoms with E-state index in [4.69, 9.17) is 14.2 Å². The molecule has 2 aliphatic heterocycles. The number of benzene rings is 1. The topological polar surface area (TPSA) is 90.2 Å². The summed E-state index contributed by atoms with van der Waals surface area (Å²) >= 11 is 0. The molecule has 0 radical (unpaired) electrons. The Morgan fingerprint density at radius 3 is 2.35 bits per heavy atom. The van der Waals surface area contributed by atoms with Crippen LogP contribution in [0.3, 0.4) is 0 Å². The van der Waals surface area contributed by atoms with Gasteiger partial charge in [-0.2, -0.15) is 5.26 Å². The van der Waals surface area contributed by atoms with E-state index < -0.39 is 0 Å². The van der Waals surface area contributed by atoms with E-state index >= 15 is 0 Å². The highest BCUT2D eigenvalue weighted by atomic mass is 16.5. The van der Waals surface area contributed by atoms with Crippen molar-refractivity contribution in [3.63, 3.8) is 0 Å². The van der Waals surface area contributed by atoms with Crippen molar-refractivity contribution in [2.75, 3.05) is 26.4 Å². The Morgan fingerprint density at radius 2 is 1.62 bits per heavy atom. The van der Waals surface area contributed by atoms with E-state index in [-0.39, 0.29) is 6.10 Å². The van der Waals surface area contributed by atoms with E-state index in [9.17, 15) is 5.26 Å². The number of ether oxygens (including phenoxy) is 3. The molecule has 0 bridgehead atoms. The van der Waals surface area contributed by atoms with Crippen LogP contribution in [0.15, 0.2) is 48.9 Å². The van der Waals surface area contributed by atoms with Gasteiger partial charge in [-0.15, -0.1) is 0 Å². The van der Waals surface area contributed by atoms with Gasteiger partial charge in [-0.1, -0.05) is 6.07 Å². The molecule has 2 aromatic heterocycles. The molecular weight excluding hydrogens is 428 g/mol. The van der Waals surface area contributed by atoms with Crippen LogP contribution in [0.25, 0.3) is 11.1 Å². The van der Waals surface area contributed by atoms with Crippen molar-refractivity contribution >= 4 is 0 Å². The number of hydrogen-bond donors (Lipinski definition) is 0. The fourth-order valence-electron chi connectivity index (χ4n) is 4.47. The van der Waals surface area contributed by atoms with Crippen LogP contribution in [0.1, 0.15) is 54.2 Å². The van der Waals surface area contributed by atoms with Gasteiger partial charge >= 0.3 is 0 Å². The van der Waals surface area contributed by atoms with Crippen LogP contribution < -0.4 is 4.74 Å². The molecule has 3 aromatic rings. The van der Waals surface area contributed by atoms with Crippen molar-refractivity contribution in [3.05, 3.63) is 71.6 Å². The number of pyridine rings is 1. The smallest absolute Gasteiger partial charge is 0.137 e. The molecule has 7 nitrogen and oxygen atoms in total. The molecular formula is C27H28N4O3. The molecule has 174 valence electrons. The molecule has 2 saturated heterocycles. The summed E-state index contributed by atoms with van der Waals surface area (Å²) in [5, 5.41) is 9.70. The lowest BCUT2D eigenvalue weighted by molar-refractivity contribution is 0.0254. The van der Waals surface area contributed by atoms with Gasteiger partial charge in [0.2, 0.25) is 0 Å². The third-order valence-corrected chi connectivity index (χ3v) is 6.44. The normalized spacial score (nSPS) is 17.3. The molecule has 34 heavy (non-hydrogen) atoms. The van der Waals surface area contributed by atoms with Crippen molar-refractivity contribution in [1.82, 2.24) is 15.0 Å². The average molecular weight is 457 g/mol. The molecule has 2 fully saturated rings. The summed E-state index contributed by atoms with van der Waals surface area (Å²) < 4.78 is 16.9. The minimum Gasteiger partial charge on any atom is -0.489 e. The first-order valence-electron chi connectivity index (χ1n) is 11.9. The first kappa shape index (κ1) is 22.5. The standard InChI is InChI=1S/C27H28N4O3/c28-16-22-13-20(1-2-27(22)34-25-6-11-33-12-7-25)21-3-8-29-23(14-21)15-24-17-31-26(18-30-24)19-4-9-32-10-5-19/h1-3,8,13-14,17-19,25H,4-7,9-12,15H2. The quantitative estimate of drug-likeness (QED) is 0.541. The molecule has 1 aromatic carbocycles. The van der Waals surface area contributed by atoms with Gasteiger partial charge in [-0.25, -0.2) is 0 Å². The number of nitrogens with zero attached hydrogens (tertiary/aromatic N) is 4. The number of rotatable bonds is 6. The lowest BCUT2D eigenvalue weighted by Gasteiger charge is -2.23. The van der Waals surface area contributed by atoms with Crippen LogP contribution in [0.4, 0.5) is 0 Å². The van der Waals surface area contributed by atoms with Crippen molar-refractivity contribution in [2.45, 2.75) is 44.1 Å². The first-order valence-corrected chi connectivity index (χ1v) is 11.9. The van der Waals surface area contributed by atoms with Gasteiger partial charge < -0.3 is 14.2 Å². The minimum atomic E-state index is 0.0955. The summed E-state index contributed by atoms with van der Waals surface area (Å²) in [6.45, 7) is 2.99. The molecule has 0 saturated carbocycles. The Hall–Kier alpha value is -3.34. The number of nitriles is 1. The largest absolute Gasteiger partial charge is 0.489 e. The third-order valence-electron chi connectivity index (χ3n) is 6.44. The maximum Gasteiger partial charge on any atom is 0.137 e. The molecule has 7 heteroatoms. The Labute approximate surface area is 199 Å². The molecule has 0 aliphatic carbocycles.